The molecule has 0 unspecified atom stereocenters. The van der Waals surface area contributed by atoms with Crippen LogP contribution in [0, 0.1) is 0 Å². The molecule has 3 rings (SSSR count). The van der Waals surface area contributed by atoms with Gasteiger partial charge in [-0.05, 0) is 48.5 Å². The van der Waals surface area contributed by atoms with Gasteiger partial charge in [0, 0.05) is 11.1 Å². The molecule has 2 amide bonds. The molecule has 0 aliphatic heterocycles. The second kappa shape index (κ2) is 7.45. The van der Waals surface area contributed by atoms with Gasteiger partial charge in [-0.3, -0.25) is 9.59 Å². The molecule has 0 radical (unpaired) electrons. The molecular formula is C21H17NO3. The molecule has 124 valence electrons. The van der Waals surface area contributed by atoms with Gasteiger partial charge in [-0.25, -0.2) is 4.90 Å². The molecule has 0 aromatic heterocycles. The minimum Gasteiger partial charge on any atom is -0.497 e. The largest absolute Gasteiger partial charge is 0.497 e. The number of rotatable bonds is 4. The Hall–Kier alpha value is -3.40. The molecule has 4 nitrogen and oxygen atoms in total. The van der Waals surface area contributed by atoms with E-state index in [1.165, 1.54) is 4.90 Å². The summed E-state index contributed by atoms with van der Waals surface area (Å²) in [5.74, 6) is -0.104. The third-order valence-corrected chi connectivity index (χ3v) is 3.78. The normalized spacial score (nSPS) is 10.1. The van der Waals surface area contributed by atoms with E-state index in [0.29, 0.717) is 22.6 Å². The van der Waals surface area contributed by atoms with E-state index in [2.05, 4.69) is 0 Å². The van der Waals surface area contributed by atoms with Gasteiger partial charge >= 0.3 is 0 Å². The van der Waals surface area contributed by atoms with Crippen LogP contribution >= 0.6 is 0 Å². The quantitative estimate of drug-likeness (QED) is 0.674. The van der Waals surface area contributed by atoms with Crippen LogP contribution in [0.2, 0.25) is 0 Å². The first kappa shape index (κ1) is 16.5. The van der Waals surface area contributed by atoms with Gasteiger partial charge in [0.05, 0.1) is 12.8 Å². The molecule has 25 heavy (non-hydrogen) atoms. The number of hydrogen-bond donors (Lipinski definition) is 0. The number of carbonyl (C=O) groups excluding carboxylic acids is 2. The zero-order valence-corrected chi connectivity index (χ0v) is 13.8. The van der Waals surface area contributed by atoms with Gasteiger partial charge < -0.3 is 4.74 Å². The highest BCUT2D eigenvalue weighted by molar-refractivity contribution is 6.25. The first-order valence-electron chi connectivity index (χ1n) is 7.83. The number of amides is 2. The van der Waals surface area contributed by atoms with Crippen LogP contribution < -0.4 is 9.64 Å². The predicted octanol–water partition coefficient (Wildman–Crippen LogP) is 4.18. The monoisotopic (exact) mass is 331 g/mol. The lowest BCUT2D eigenvalue weighted by Gasteiger charge is -2.21. The summed E-state index contributed by atoms with van der Waals surface area (Å²) in [5, 5.41) is 0. The van der Waals surface area contributed by atoms with Crippen LogP contribution in [0.1, 0.15) is 20.7 Å². The van der Waals surface area contributed by atoms with Crippen molar-refractivity contribution in [2.75, 3.05) is 12.0 Å². The molecule has 0 N–H and O–H groups in total. The van der Waals surface area contributed by atoms with Crippen LogP contribution in [-0.4, -0.2) is 18.9 Å². The van der Waals surface area contributed by atoms with Gasteiger partial charge in [0.15, 0.2) is 0 Å². The zero-order valence-electron chi connectivity index (χ0n) is 13.8. The molecule has 0 fully saturated rings. The van der Waals surface area contributed by atoms with Gasteiger partial charge in [-0.15, -0.1) is 0 Å². The molecule has 4 heteroatoms. The van der Waals surface area contributed by atoms with E-state index < -0.39 is 0 Å². The summed E-state index contributed by atoms with van der Waals surface area (Å²) in [6.45, 7) is 0. The summed E-state index contributed by atoms with van der Waals surface area (Å²) < 4.78 is 5.12. The van der Waals surface area contributed by atoms with Crippen molar-refractivity contribution in [1.29, 1.82) is 0 Å². The highest BCUT2D eigenvalue weighted by Gasteiger charge is 2.25. The molecular weight excluding hydrogens is 314 g/mol. The Kier molecular flexibility index (Phi) is 4.90. The standard InChI is InChI=1S/C21H17NO3/c1-25-19-14-12-17(13-15-19)21(24)22(18-10-6-3-7-11-18)20(23)16-8-4-2-5-9-16/h2-15H,1H3. The molecule has 0 atom stereocenters. The van der Waals surface area contributed by atoms with Crippen LogP contribution in [0.5, 0.6) is 5.75 Å². The topological polar surface area (TPSA) is 46.6 Å². The van der Waals surface area contributed by atoms with Crippen molar-refractivity contribution in [3.8, 4) is 5.75 Å². The van der Waals surface area contributed by atoms with Crippen LogP contribution in [0.3, 0.4) is 0 Å². The number of carbonyl (C=O) groups is 2. The minimum absolute atomic E-state index is 0.368. The summed E-state index contributed by atoms with van der Waals surface area (Å²) in [6.07, 6.45) is 0. The number of para-hydroxylation sites is 1. The lowest BCUT2D eigenvalue weighted by Crippen LogP contribution is -2.37. The van der Waals surface area contributed by atoms with Crippen molar-refractivity contribution in [2.45, 2.75) is 0 Å². The van der Waals surface area contributed by atoms with Gasteiger partial charge in [-0.2, -0.15) is 0 Å². The Bertz CT molecular complexity index is 859. The summed E-state index contributed by atoms with van der Waals surface area (Å²) in [5.41, 5.74) is 1.39. The van der Waals surface area contributed by atoms with Crippen molar-refractivity contribution in [3.05, 3.63) is 96.1 Å². The summed E-state index contributed by atoms with van der Waals surface area (Å²) in [6, 6.07) is 24.4. The van der Waals surface area contributed by atoms with E-state index >= 15 is 0 Å². The Balaban J connectivity index is 2.01. The van der Waals surface area contributed by atoms with Crippen molar-refractivity contribution in [3.63, 3.8) is 0 Å². The SMILES string of the molecule is COc1ccc(C(=O)N(C(=O)c2ccccc2)c2ccccc2)cc1. The Morgan fingerprint density at radius 1 is 0.680 bits per heavy atom. The Morgan fingerprint density at radius 3 is 1.68 bits per heavy atom. The van der Waals surface area contributed by atoms with Crippen molar-refractivity contribution in [1.82, 2.24) is 0 Å². The van der Waals surface area contributed by atoms with Crippen LogP contribution in [0.15, 0.2) is 84.9 Å². The predicted molar refractivity (Wildman–Crippen MR) is 97.0 cm³/mol. The molecule has 3 aromatic rings. The molecule has 3 aromatic carbocycles. The molecule has 0 bridgehead atoms. The Morgan fingerprint density at radius 2 is 1.16 bits per heavy atom. The lowest BCUT2D eigenvalue weighted by atomic mass is 10.1. The maximum Gasteiger partial charge on any atom is 0.265 e. The van der Waals surface area contributed by atoms with Crippen molar-refractivity contribution in [2.24, 2.45) is 0 Å². The summed E-state index contributed by atoms with van der Waals surface area (Å²) >= 11 is 0. The molecule has 0 saturated heterocycles. The average molecular weight is 331 g/mol. The maximum atomic E-state index is 13.0. The molecule has 0 aliphatic carbocycles. The fraction of sp³-hybridized carbons (Fsp3) is 0.0476. The third-order valence-electron chi connectivity index (χ3n) is 3.78. The Labute approximate surface area is 146 Å². The second-order valence-electron chi connectivity index (χ2n) is 5.38. The smallest absolute Gasteiger partial charge is 0.265 e. The van der Waals surface area contributed by atoms with Gasteiger partial charge in [0.1, 0.15) is 5.75 Å². The zero-order chi connectivity index (χ0) is 17.6. The fourth-order valence-electron chi connectivity index (χ4n) is 2.48. The van der Waals surface area contributed by atoms with E-state index in [9.17, 15) is 9.59 Å². The van der Waals surface area contributed by atoms with Crippen LogP contribution in [-0.2, 0) is 0 Å². The first-order valence-corrected chi connectivity index (χ1v) is 7.83. The lowest BCUT2D eigenvalue weighted by molar-refractivity contribution is 0.0897. The highest BCUT2D eigenvalue weighted by atomic mass is 16.5. The van der Waals surface area contributed by atoms with E-state index in [1.54, 1.807) is 79.9 Å². The maximum absolute atomic E-state index is 13.0. The third kappa shape index (κ3) is 3.58. The number of anilines is 1. The van der Waals surface area contributed by atoms with E-state index in [1.807, 2.05) is 12.1 Å². The van der Waals surface area contributed by atoms with Crippen LogP contribution in [0.4, 0.5) is 5.69 Å². The van der Waals surface area contributed by atoms with E-state index in [4.69, 9.17) is 4.74 Å². The minimum atomic E-state index is -0.386. The number of nitrogens with zero attached hydrogens (tertiary/aromatic N) is 1. The van der Waals surface area contributed by atoms with E-state index in [0.717, 1.165) is 0 Å². The summed E-state index contributed by atoms with van der Waals surface area (Å²) in [7, 11) is 1.56. The number of hydrogen-bond acceptors (Lipinski definition) is 3. The number of ether oxygens (including phenoxy) is 1. The van der Waals surface area contributed by atoms with E-state index in [-0.39, 0.29) is 11.8 Å². The summed E-state index contributed by atoms with van der Waals surface area (Å²) in [4.78, 5) is 27.2. The highest BCUT2D eigenvalue weighted by Crippen LogP contribution is 2.21. The molecule has 0 heterocycles. The number of imide groups is 1. The molecule has 0 aliphatic rings. The van der Waals surface area contributed by atoms with Gasteiger partial charge in [-0.1, -0.05) is 36.4 Å². The van der Waals surface area contributed by atoms with Gasteiger partial charge in [0.25, 0.3) is 11.8 Å². The van der Waals surface area contributed by atoms with Gasteiger partial charge in [0.2, 0.25) is 0 Å². The second-order valence-corrected chi connectivity index (χ2v) is 5.38. The van der Waals surface area contributed by atoms with Crippen LogP contribution in [0.25, 0.3) is 0 Å². The molecule has 0 spiro atoms. The van der Waals surface area contributed by atoms with Crippen molar-refractivity contribution >= 4 is 17.5 Å². The first-order chi connectivity index (χ1) is 12.2. The molecule has 0 saturated carbocycles. The fourth-order valence-corrected chi connectivity index (χ4v) is 2.48. The number of methoxy groups -OCH3 is 1. The number of benzene rings is 3. The average Bonchev–Trinajstić information content (AvgIpc) is 2.69. The van der Waals surface area contributed by atoms with Crippen molar-refractivity contribution < 1.29 is 14.3 Å².